The number of nitrogens with one attached hydrogen (secondary N) is 1. The van der Waals surface area contributed by atoms with E-state index in [1.807, 2.05) is 6.92 Å². The highest BCUT2D eigenvalue weighted by Crippen LogP contribution is 2.30. The molecule has 0 saturated carbocycles. The van der Waals surface area contributed by atoms with Gasteiger partial charge in [-0.15, -0.1) is 11.3 Å². The molecule has 0 fully saturated rings. The van der Waals surface area contributed by atoms with Crippen molar-refractivity contribution in [1.82, 2.24) is 9.78 Å². The van der Waals surface area contributed by atoms with Crippen molar-refractivity contribution in [3.05, 3.63) is 61.9 Å². The first-order valence-electron chi connectivity index (χ1n) is 8.52. The zero-order valence-electron chi connectivity index (χ0n) is 15.6. The molecule has 0 atom stereocenters. The van der Waals surface area contributed by atoms with Gasteiger partial charge in [-0.25, -0.2) is 0 Å². The van der Waals surface area contributed by atoms with E-state index in [0.29, 0.717) is 18.1 Å². The first kappa shape index (κ1) is 21.2. The number of allylic oxidation sites excluding steroid dienone is 1. The first-order chi connectivity index (χ1) is 13.4. The predicted molar refractivity (Wildman–Crippen MR) is 106 cm³/mol. The molecule has 2 aromatic rings. The Morgan fingerprint density at radius 3 is 2.79 bits per heavy atom. The normalized spacial score (nSPS) is 10.4. The van der Waals surface area contributed by atoms with Crippen LogP contribution in [0.1, 0.15) is 18.9 Å². The number of nitro groups is 1. The number of methoxy groups -OCH3 is 1. The molecule has 28 heavy (non-hydrogen) atoms. The Labute approximate surface area is 166 Å². The maximum absolute atomic E-state index is 12.2. The Morgan fingerprint density at radius 1 is 1.43 bits per heavy atom. The molecule has 150 valence electrons. The van der Waals surface area contributed by atoms with Gasteiger partial charge in [-0.3, -0.25) is 4.79 Å². The number of hydrogen-bond donors (Lipinski definition) is 1. The van der Waals surface area contributed by atoms with E-state index in [4.69, 9.17) is 21.1 Å². The largest absolute Gasteiger partial charge is 0.493 e. The molecule has 0 amide bonds. The number of aromatic nitrogens is 2. The minimum absolute atomic E-state index is 0.0102. The highest BCUT2D eigenvalue weighted by atomic mass is 35.5. The zero-order chi connectivity index (χ0) is 20.7. The minimum atomic E-state index is -0.697. The molecule has 2 rings (SSSR count). The average Bonchev–Trinajstić information content (AvgIpc) is 2.69. The van der Waals surface area contributed by atoms with Crippen LogP contribution in [-0.4, -0.2) is 28.4 Å². The summed E-state index contributed by atoms with van der Waals surface area (Å²) in [5, 5.41) is 17.7. The van der Waals surface area contributed by atoms with Gasteiger partial charge in [0.2, 0.25) is 0 Å². The molecule has 9 nitrogen and oxygen atoms in total. The van der Waals surface area contributed by atoms with Gasteiger partial charge in [-0.2, -0.15) is 0 Å². The van der Waals surface area contributed by atoms with E-state index in [-0.39, 0.29) is 23.8 Å². The van der Waals surface area contributed by atoms with E-state index in [9.17, 15) is 14.9 Å². The van der Waals surface area contributed by atoms with Gasteiger partial charge in [0.25, 0.3) is 0 Å². The van der Waals surface area contributed by atoms with E-state index in [1.165, 1.54) is 6.08 Å². The van der Waals surface area contributed by atoms with Gasteiger partial charge in [0.1, 0.15) is 5.02 Å². The summed E-state index contributed by atoms with van der Waals surface area (Å²) in [7, 11) is 1.54. The van der Waals surface area contributed by atoms with Crippen molar-refractivity contribution in [2.75, 3.05) is 19.0 Å². The highest BCUT2D eigenvalue weighted by molar-refractivity contribution is 6.33. The van der Waals surface area contributed by atoms with Crippen LogP contribution in [0, 0.1) is 10.1 Å². The SMILES string of the molecule is C=CCn1nc([N+](=O)[O-])c(NCc2ccc(OC)c(OCCC)c2)c(Cl)c1=O. The third-order valence-electron chi connectivity index (χ3n) is 3.71. The molecule has 0 bridgehead atoms. The fourth-order valence-electron chi connectivity index (χ4n) is 2.40. The lowest BCUT2D eigenvalue weighted by atomic mass is 10.2. The molecule has 1 aromatic carbocycles. The van der Waals surface area contributed by atoms with Crippen molar-refractivity contribution in [2.24, 2.45) is 0 Å². The van der Waals surface area contributed by atoms with Crippen LogP contribution in [0.5, 0.6) is 11.5 Å². The molecule has 0 radical (unpaired) electrons. The zero-order valence-corrected chi connectivity index (χ0v) is 16.4. The van der Waals surface area contributed by atoms with Crippen LogP contribution < -0.4 is 20.3 Å². The van der Waals surface area contributed by atoms with Gasteiger partial charge < -0.3 is 24.9 Å². The number of hydrogen-bond acceptors (Lipinski definition) is 7. The van der Waals surface area contributed by atoms with Crippen molar-refractivity contribution in [3.8, 4) is 11.5 Å². The maximum Gasteiger partial charge on any atom is 0.413 e. The summed E-state index contributed by atoms with van der Waals surface area (Å²) in [4.78, 5) is 22.9. The molecular weight excluding hydrogens is 388 g/mol. The van der Waals surface area contributed by atoms with Gasteiger partial charge in [0.05, 0.1) is 25.4 Å². The van der Waals surface area contributed by atoms with Gasteiger partial charge in [0, 0.05) is 6.54 Å². The van der Waals surface area contributed by atoms with Crippen LogP contribution in [0.3, 0.4) is 0 Å². The van der Waals surface area contributed by atoms with E-state index in [0.717, 1.165) is 16.7 Å². The van der Waals surface area contributed by atoms with Crippen LogP contribution in [0.2, 0.25) is 5.02 Å². The van der Waals surface area contributed by atoms with Crippen molar-refractivity contribution < 1.29 is 14.4 Å². The van der Waals surface area contributed by atoms with Gasteiger partial charge in [-0.05, 0) is 29.0 Å². The van der Waals surface area contributed by atoms with Crippen molar-refractivity contribution >= 4 is 23.1 Å². The molecule has 0 spiro atoms. The predicted octanol–water partition coefficient (Wildman–Crippen LogP) is 3.40. The molecule has 1 N–H and O–H groups in total. The summed E-state index contributed by atoms with van der Waals surface area (Å²) < 4.78 is 11.8. The molecule has 1 aromatic heterocycles. The lowest BCUT2D eigenvalue weighted by Gasteiger charge is -2.13. The molecule has 0 aliphatic heterocycles. The summed E-state index contributed by atoms with van der Waals surface area (Å²) in [6.07, 6.45) is 2.23. The van der Waals surface area contributed by atoms with E-state index in [2.05, 4.69) is 17.0 Å². The monoisotopic (exact) mass is 408 g/mol. The molecule has 0 aliphatic carbocycles. The summed E-state index contributed by atoms with van der Waals surface area (Å²) in [6, 6.07) is 5.27. The molecule has 0 saturated heterocycles. The van der Waals surface area contributed by atoms with E-state index >= 15 is 0 Å². The Hall–Kier alpha value is -3.07. The smallest absolute Gasteiger partial charge is 0.413 e. The van der Waals surface area contributed by atoms with Crippen LogP contribution in [0.4, 0.5) is 11.5 Å². The maximum atomic E-state index is 12.2. The van der Waals surface area contributed by atoms with Gasteiger partial charge >= 0.3 is 11.4 Å². The number of halogens is 1. The minimum Gasteiger partial charge on any atom is -0.493 e. The van der Waals surface area contributed by atoms with Crippen LogP contribution in [0.15, 0.2) is 35.6 Å². The summed E-state index contributed by atoms with van der Waals surface area (Å²) in [5.41, 5.74) is -0.0206. The Kier molecular flexibility index (Phi) is 7.39. The fraction of sp³-hybridized carbons (Fsp3) is 0.333. The number of rotatable bonds is 10. The van der Waals surface area contributed by atoms with E-state index in [1.54, 1.807) is 25.3 Å². The summed E-state index contributed by atoms with van der Waals surface area (Å²) >= 11 is 6.08. The number of ether oxygens (including phenoxy) is 2. The second-order valence-corrected chi connectivity index (χ2v) is 6.11. The quantitative estimate of drug-likeness (QED) is 0.364. The Balaban J connectivity index is 2.33. The van der Waals surface area contributed by atoms with Crippen molar-refractivity contribution in [2.45, 2.75) is 26.4 Å². The second-order valence-electron chi connectivity index (χ2n) is 5.73. The molecule has 0 unspecified atom stereocenters. The van der Waals surface area contributed by atoms with Crippen molar-refractivity contribution in [3.63, 3.8) is 0 Å². The number of benzene rings is 1. The Morgan fingerprint density at radius 2 is 2.18 bits per heavy atom. The van der Waals surface area contributed by atoms with Crippen molar-refractivity contribution in [1.29, 1.82) is 0 Å². The fourth-order valence-corrected chi connectivity index (χ4v) is 2.65. The third kappa shape index (κ3) is 4.80. The van der Waals surface area contributed by atoms with Crippen LogP contribution in [0.25, 0.3) is 0 Å². The standard InChI is InChI=1S/C18H21ClN4O5/c1-4-8-22-18(24)15(19)16(17(21-22)23(25)26)20-11-12-6-7-13(27-3)14(10-12)28-9-5-2/h4,6-7,10,20H,1,5,8-9,11H2,2-3H3. The molecular formula is C18H21ClN4O5. The first-order valence-corrected chi connectivity index (χ1v) is 8.90. The lowest BCUT2D eigenvalue weighted by Crippen LogP contribution is -2.25. The van der Waals surface area contributed by atoms with Gasteiger partial charge in [0.15, 0.2) is 17.2 Å². The lowest BCUT2D eigenvalue weighted by molar-refractivity contribution is -0.389. The average molecular weight is 409 g/mol. The summed E-state index contributed by atoms with van der Waals surface area (Å²) in [6.45, 7) is 6.18. The van der Waals surface area contributed by atoms with Crippen LogP contribution in [-0.2, 0) is 13.1 Å². The topological polar surface area (TPSA) is 109 Å². The molecule has 10 heteroatoms. The second kappa shape index (κ2) is 9.75. The number of nitrogens with zero attached hydrogens (tertiary/aromatic N) is 3. The van der Waals surface area contributed by atoms with Gasteiger partial charge in [-0.1, -0.05) is 30.7 Å². The highest BCUT2D eigenvalue weighted by Gasteiger charge is 2.25. The number of anilines is 1. The third-order valence-corrected chi connectivity index (χ3v) is 4.07. The Bertz CT molecular complexity index is 929. The van der Waals surface area contributed by atoms with Crippen LogP contribution >= 0.6 is 11.6 Å². The van der Waals surface area contributed by atoms with E-state index < -0.39 is 16.3 Å². The molecule has 1 heterocycles. The molecule has 0 aliphatic rings. The summed E-state index contributed by atoms with van der Waals surface area (Å²) in [5.74, 6) is 0.598.